The van der Waals surface area contributed by atoms with Crippen LogP contribution >= 0.6 is 11.8 Å². The summed E-state index contributed by atoms with van der Waals surface area (Å²) in [4.78, 5) is 8.92. The zero-order chi connectivity index (χ0) is 11.4. The van der Waals surface area contributed by atoms with Gasteiger partial charge in [-0.15, -0.1) is 0 Å². The first-order chi connectivity index (χ1) is 7.81. The van der Waals surface area contributed by atoms with Gasteiger partial charge in [-0.2, -0.15) is 11.8 Å². The molecule has 0 amide bonds. The lowest BCUT2D eigenvalue weighted by atomic mass is 10.1. The molecule has 0 aliphatic heterocycles. The Hall–Kier alpha value is -1.35. The van der Waals surface area contributed by atoms with Crippen LogP contribution in [0, 0.1) is 6.92 Å². The monoisotopic (exact) mass is 230 g/mol. The Morgan fingerprint density at radius 3 is 2.62 bits per heavy atom. The predicted octanol–water partition coefficient (Wildman–Crippen LogP) is 3.32. The number of nitrogens with zero attached hydrogens (tertiary/aromatic N) is 2. The standard InChI is InChI=1S/C13H14N2S/c1-10-8-14-12(9-16-2)15-13(10)11-6-4-3-5-7-11/h3-8H,9H2,1-2H3. The first kappa shape index (κ1) is 11.1. The van der Waals surface area contributed by atoms with Gasteiger partial charge in [0.1, 0.15) is 5.82 Å². The van der Waals surface area contributed by atoms with Gasteiger partial charge in [-0.25, -0.2) is 9.97 Å². The number of hydrogen-bond acceptors (Lipinski definition) is 3. The van der Waals surface area contributed by atoms with Gasteiger partial charge in [-0.3, -0.25) is 0 Å². The van der Waals surface area contributed by atoms with Crippen molar-refractivity contribution in [3.05, 3.63) is 47.9 Å². The van der Waals surface area contributed by atoms with Crippen molar-refractivity contribution in [2.45, 2.75) is 12.7 Å². The molecular formula is C13H14N2S. The van der Waals surface area contributed by atoms with E-state index in [9.17, 15) is 0 Å². The molecular weight excluding hydrogens is 216 g/mol. The van der Waals surface area contributed by atoms with Crippen molar-refractivity contribution in [2.24, 2.45) is 0 Å². The maximum Gasteiger partial charge on any atom is 0.138 e. The van der Waals surface area contributed by atoms with E-state index in [1.807, 2.05) is 31.3 Å². The van der Waals surface area contributed by atoms with Crippen LogP contribution in [0.2, 0.25) is 0 Å². The molecule has 1 aromatic heterocycles. The van der Waals surface area contributed by atoms with E-state index in [0.717, 1.165) is 28.4 Å². The number of hydrogen-bond donors (Lipinski definition) is 0. The van der Waals surface area contributed by atoms with Crippen molar-refractivity contribution in [1.29, 1.82) is 0 Å². The summed E-state index contributed by atoms with van der Waals surface area (Å²) < 4.78 is 0. The molecule has 2 nitrogen and oxygen atoms in total. The molecule has 0 radical (unpaired) electrons. The Bertz CT molecular complexity index is 469. The fourth-order valence-electron chi connectivity index (χ4n) is 1.57. The lowest BCUT2D eigenvalue weighted by molar-refractivity contribution is 1.02. The third-order valence-electron chi connectivity index (χ3n) is 2.34. The average molecular weight is 230 g/mol. The molecule has 0 bridgehead atoms. The Morgan fingerprint density at radius 2 is 1.94 bits per heavy atom. The molecule has 0 aliphatic rings. The lowest BCUT2D eigenvalue weighted by Gasteiger charge is -2.06. The lowest BCUT2D eigenvalue weighted by Crippen LogP contribution is -1.97. The molecule has 0 N–H and O–H groups in total. The second-order valence-electron chi connectivity index (χ2n) is 3.62. The topological polar surface area (TPSA) is 25.8 Å². The van der Waals surface area contributed by atoms with Crippen LogP contribution in [0.15, 0.2) is 36.5 Å². The fourth-order valence-corrected chi connectivity index (χ4v) is 1.96. The number of rotatable bonds is 3. The molecule has 0 atom stereocenters. The summed E-state index contributed by atoms with van der Waals surface area (Å²) in [6, 6.07) is 10.2. The summed E-state index contributed by atoms with van der Waals surface area (Å²) in [5.41, 5.74) is 3.32. The van der Waals surface area contributed by atoms with E-state index in [4.69, 9.17) is 0 Å². The molecule has 3 heteroatoms. The summed E-state index contributed by atoms with van der Waals surface area (Å²) in [5, 5.41) is 0. The zero-order valence-electron chi connectivity index (χ0n) is 9.47. The molecule has 0 aliphatic carbocycles. The van der Waals surface area contributed by atoms with Crippen molar-refractivity contribution in [3.8, 4) is 11.3 Å². The van der Waals surface area contributed by atoms with Crippen LogP contribution in [0.25, 0.3) is 11.3 Å². The average Bonchev–Trinajstić information content (AvgIpc) is 2.33. The molecule has 0 saturated heterocycles. The molecule has 2 aromatic rings. The van der Waals surface area contributed by atoms with Crippen LogP contribution in [-0.2, 0) is 5.75 Å². The van der Waals surface area contributed by atoms with Crippen molar-refractivity contribution in [1.82, 2.24) is 9.97 Å². The molecule has 1 aromatic carbocycles. The van der Waals surface area contributed by atoms with E-state index in [-0.39, 0.29) is 0 Å². The van der Waals surface area contributed by atoms with Crippen LogP contribution in [0.1, 0.15) is 11.4 Å². The highest BCUT2D eigenvalue weighted by Gasteiger charge is 2.05. The number of aryl methyl sites for hydroxylation is 1. The summed E-state index contributed by atoms with van der Waals surface area (Å²) >= 11 is 1.74. The highest BCUT2D eigenvalue weighted by atomic mass is 32.2. The predicted molar refractivity (Wildman–Crippen MR) is 69.4 cm³/mol. The van der Waals surface area contributed by atoms with Crippen LogP contribution in [0.4, 0.5) is 0 Å². The van der Waals surface area contributed by atoms with Crippen molar-refractivity contribution in [3.63, 3.8) is 0 Å². The van der Waals surface area contributed by atoms with Gasteiger partial charge < -0.3 is 0 Å². The van der Waals surface area contributed by atoms with Crippen molar-refractivity contribution >= 4 is 11.8 Å². The van der Waals surface area contributed by atoms with Crippen LogP contribution in [-0.4, -0.2) is 16.2 Å². The van der Waals surface area contributed by atoms with Gasteiger partial charge in [0.05, 0.1) is 11.4 Å². The Labute approximate surface area is 100 Å². The van der Waals surface area contributed by atoms with Crippen molar-refractivity contribution < 1.29 is 0 Å². The maximum absolute atomic E-state index is 4.60. The molecule has 0 saturated carbocycles. The molecule has 1 heterocycles. The van der Waals surface area contributed by atoms with Crippen LogP contribution < -0.4 is 0 Å². The second-order valence-corrected chi connectivity index (χ2v) is 4.48. The van der Waals surface area contributed by atoms with Gasteiger partial charge in [-0.05, 0) is 18.7 Å². The fraction of sp³-hybridized carbons (Fsp3) is 0.231. The van der Waals surface area contributed by atoms with Crippen LogP contribution in [0.5, 0.6) is 0 Å². The minimum atomic E-state index is 0.861. The normalized spacial score (nSPS) is 10.4. The first-order valence-corrected chi connectivity index (χ1v) is 6.57. The van der Waals surface area contributed by atoms with E-state index in [2.05, 4.69) is 28.4 Å². The van der Waals surface area contributed by atoms with E-state index < -0.39 is 0 Å². The molecule has 82 valence electrons. The van der Waals surface area contributed by atoms with E-state index in [1.54, 1.807) is 11.8 Å². The van der Waals surface area contributed by atoms with Crippen LogP contribution in [0.3, 0.4) is 0 Å². The van der Waals surface area contributed by atoms with E-state index in [1.165, 1.54) is 0 Å². The summed E-state index contributed by atoms with van der Waals surface area (Å²) in [6.45, 7) is 2.05. The largest absolute Gasteiger partial charge is 0.240 e. The molecule has 16 heavy (non-hydrogen) atoms. The molecule has 0 fully saturated rings. The minimum absolute atomic E-state index is 0.861. The highest BCUT2D eigenvalue weighted by molar-refractivity contribution is 7.97. The van der Waals surface area contributed by atoms with E-state index in [0.29, 0.717) is 0 Å². The SMILES string of the molecule is CSCc1ncc(C)c(-c2ccccc2)n1. The molecule has 2 rings (SSSR count). The summed E-state index contributed by atoms with van der Waals surface area (Å²) in [6.07, 6.45) is 3.96. The van der Waals surface area contributed by atoms with Gasteiger partial charge in [0.15, 0.2) is 0 Å². The molecule has 0 spiro atoms. The first-order valence-electron chi connectivity index (χ1n) is 5.18. The number of aromatic nitrogens is 2. The number of thioether (sulfide) groups is 1. The minimum Gasteiger partial charge on any atom is -0.240 e. The Kier molecular flexibility index (Phi) is 3.57. The van der Waals surface area contributed by atoms with Gasteiger partial charge >= 0.3 is 0 Å². The van der Waals surface area contributed by atoms with Gasteiger partial charge in [0.2, 0.25) is 0 Å². The second kappa shape index (κ2) is 5.12. The van der Waals surface area contributed by atoms with Gasteiger partial charge in [0.25, 0.3) is 0 Å². The number of benzene rings is 1. The summed E-state index contributed by atoms with van der Waals surface area (Å²) in [5.74, 6) is 1.76. The third-order valence-corrected chi connectivity index (χ3v) is 2.89. The molecule has 0 unspecified atom stereocenters. The quantitative estimate of drug-likeness (QED) is 0.809. The Balaban J connectivity index is 2.43. The van der Waals surface area contributed by atoms with Gasteiger partial charge in [-0.1, -0.05) is 30.3 Å². The highest BCUT2D eigenvalue weighted by Crippen LogP contribution is 2.20. The van der Waals surface area contributed by atoms with E-state index >= 15 is 0 Å². The Morgan fingerprint density at radius 1 is 1.19 bits per heavy atom. The third kappa shape index (κ3) is 2.42. The smallest absolute Gasteiger partial charge is 0.138 e. The maximum atomic E-state index is 4.60. The van der Waals surface area contributed by atoms with Gasteiger partial charge in [0, 0.05) is 11.8 Å². The zero-order valence-corrected chi connectivity index (χ0v) is 10.3. The summed E-state index contributed by atoms with van der Waals surface area (Å²) in [7, 11) is 0. The van der Waals surface area contributed by atoms with Crippen molar-refractivity contribution in [2.75, 3.05) is 6.26 Å².